The summed E-state index contributed by atoms with van der Waals surface area (Å²) in [5.41, 5.74) is 1.52. The van der Waals surface area contributed by atoms with E-state index in [1.165, 1.54) is 0 Å². The number of carbonyl (C=O) groups is 2. The number of rotatable bonds is 6. The van der Waals surface area contributed by atoms with Crippen LogP contribution in [0.25, 0.3) is 0 Å². The lowest BCUT2D eigenvalue weighted by atomic mass is 10.2. The minimum Gasteiger partial charge on any atom is -0.376 e. The van der Waals surface area contributed by atoms with Gasteiger partial charge in [0, 0.05) is 23.8 Å². The van der Waals surface area contributed by atoms with E-state index < -0.39 is 0 Å². The summed E-state index contributed by atoms with van der Waals surface area (Å²) in [6.45, 7) is 6.39. The molecule has 0 aromatic heterocycles. The first-order valence-electron chi connectivity index (χ1n) is 6.44. The van der Waals surface area contributed by atoms with Gasteiger partial charge >= 0.3 is 0 Å². The van der Waals surface area contributed by atoms with E-state index in [1.807, 2.05) is 39.0 Å². The molecule has 0 aliphatic heterocycles. The van der Waals surface area contributed by atoms with Gasteiger partial charge in [-0.15, -0.1) is 0 Å². The molecule has 0 saturated heterocycles. The summed E-state index contributed by atoms with van der Waals surface area (Å²) >= 11 is 0. The lowest BCUT2D eigenvalue weighted by Gasteiger charge is -2.10. The molecular weight excluding hydrogens is 242 g/mol. The van der Waals surface area contributed by atoms with Gasteiger partial charge in [0.05, 0.1) is 6.54 Å². The predicted octanol–water partition coefficient (Wildman–Crippen LogP) is 1.83. The van der Waals surface area contributed by atoms with Crippen LogP contribution in [0, 0.1) is 5.92 Å². The van der Waals surface area contributed by atoms with Crippen LogP contribution in [-0.4, -0.2) is 24.9 Å². The molecule has 0 aliphatic carbocycles. The highest BCUT2D eigenvalue weighted by Crippen LogP contribution is 2.15. The van der Waals surface area contributed by atoms with Gasteiger partial charge in [-0.2, -0.15) is 0 Å². The second-order valence-corrected chi connectivity index (χ2v) is 4.53. The van der Waals surface area contributed by atoms with Gasteiger partial charge in [-0.1, -0.05) is 19.9 Å². The SMILES string of the molecule is CCNC(=O)CNc1cccc(NC(=O)C(C)C)c1. The molecule has 2 amide bonds. The third-order valence-corrected chi connectivity index (χ3v) is 2.48. The second kappa shape index (κ2) is 7.41. The van der Waals surface area contributed by atoms with Crippen LogP contribution in [0.15, 0.2) is 24.3 Å². The zero-order chi connectivity index (χ0) is 14.3. The van der Waals surface area contributed by atoms with E-state index in [0.29, 0.717) is 6.54 Å². The van der Waals surface area contributed by atoms with Crippen molar-refractivity contribution in [3.63, 3.8) is 0 Å². The van der Waals surface area contributed by atoms with E-state index in [0.717, 1.165) is 11.4 Å². The Balaban J connectivity index is 2.57. The predicted molar refractivity (Wildman–Crippen MR) is 77.1 cm³/mol. The minimum atomic E-state index is -0.0630. The van der Waals surface area contributed by atoms with Crippen LogP contribution in [0.1, 0.15) is 20.8 Å². The number of carbonyl (C=O) groups excluding carboxylic acids is 2. The van der Waals surface area contributed by atoms with E-state index in [9.17, 15) is 9.59 Å². The van der Waals surface area contributed by atoms with E-state index >= 15 is 0 Å². The number of hydrogen-bond donors (Lipinski definition) is 3. The van der Waals surface area contributed by atoms with Gasteiger partial charge in [0.25, 0.3) is 0 Å². The van der Waals surface area contributed by atoms with E-state index in [4.69, 9.17) is 0 Å². The molecule has 0 unspecified atom stereocenters. The van der Waals surface area contributed by atoms with Crippen LogP contribution in [0.3, 0.4) is 0 Å². The van der Waals surface area contributed by atoms with Crippen molar-refractivity contribution in [3.8, 4) is 0 Å². The maximum Gasteiger partial charge on any atom is 0.239 e. The van der Waals surface area contributed by atoms with E-state index in [1.54, 1.807) is 6.07 Å². The lowest BCUT2D eigenvalue weighted by molar-refractivity contribution is -0.119. The van der Waals surface area contributed by atoms with Gasteiger partial charge in [-0.05, 0) is 25.1 Å². The molecule has 0 atom stereocenters. The molecule has 104 valence electrons. The summed E-state index contributed by atoms with van der Waals surface area (Å²) in [6.07, 6.45) is 0. The van der Waals surface area contributed by atoms with Crippen LogP contribution in [0.4, 0.5) is 11.4 Å². The first-order valence-corrected chi connectivity index (χ1v) is 6.44. The molecule has 0 radical (unpaired) electrons. The first-order chi connectivity index (χ1) is 9.02. The fourth-order valence-corrected chi connectivity index (χ4v) is 1.44. The molecular formula is C14H21N3O2. The Bertz CT molecular complexity index is 444. The highest BCUT2D eigenvalue weighted by atomic mass is 16.2. The molecule has 0 aliphatic rings. The lowest BCUT2D eigenvalue weighted by Crippen LogP contribution is -2.29. The summed E-state index contributed by atoms with van der Waals surface area (Å²) < 4.78 is 0. The normalized spacial score (nSPS) is 10.1. The van der Waals surface area contributed by atoms with Crippen molar-refractivity contribution in [2.24, 2.45) is 5.92 Å². The van der Waals surface area contributed by atoms with Crippen molar-refractivity contribution >= 4 is 23.2 Å². The highest BCUT2D eigenvalue weighted by Gasteiger charge is 2.07. The fraction of sp³-hybridized carbons (Fsp3) is 0.429. The summed E-state index contributed by atoms with van der Waals surface area (Å²) in [7, 11) is 0. The maximum absolute atomic E-state index is 11.6. The molecule has 3 N–H and O–H groups in total. The average molecular weight is 263 g/mol. The molecule has 0 saturated carbocycles. The van der Waals surface area contributed by atoms with Crippen LogP contribution in [0.5, 0.6) is 0 Å². The van der Waals surface area contributed by atoms with Crippen molar-refractivity contribution in [2.45, 2.75) is 20.8 Å². The maximum atomic E-state index is 11.6. The van der Waals surface area contributed by atoms with E-state index in [2.05, 4.69) is 16.0 Å². The quantitative estimate of drug-likeness (QED) is 0.733. The van der Waals surface area contributed by atoms with Gasteiger partial charge in [-0.25, -0.2) is 0 Å². The van der Waals surface area contributed by atoms with Gasteiger partial charge in [-0.3, -0.25) is 9.59 Å². The topological polar surface area (TPSA) is 70.2 Å². The second-order valence-electron chi connectivity index (χ2n) is 4.53. The Morgan fingerprint density at radius 3 is 2.53 bits per heavy atom. The standard InChI is InChI=1S/C14H21N3O2/c1-4-15-13(18)9-16-11-6-5-7-12(8-11)17-14(19)10(2)3/h5-8,10,16H,4,9H2,1-3H3,(H,15,18)(H,17,19). The van der Waals surface area contributed by atoms with Crippen molar-refractivity contribution < 1.29 is 9.59 Å². The van der Waals surface area contributed by atoms with Crippen LogP contribution in [-0.2, 0) is 9.59 Å². The van der Waals surface area contributed by atoms with Crippen molar-refractivity contribution in [3.05, 3.63) is 24.3 Å². The summed E-state index contributed by atoms with van der Waals surface area (Å²) in [5, 5.41) is 8.53. The molecule has 0 fully saturated rings. The largest absolute Gasteiger partial charge is 0.376 e. The summed E-state index contributed by atoms with van der Waals surface area (Å²) in [6, 6.07) is 7.30. The molecule has 5 heteroatoms. The smallest absolute Gasteiger partial charge is 0.239 e. The Kier molecular flexibility index (Phi) is 5.85. The first kappa shape index (κ1) is 15.0. The Labute approximate surface area is 113 Å². The van der Waals surface area contributed by atoms with Crippen LogP contribution >= 0.6 is 0 Å². The number of likely N-dealkylation sites (N-methyl/N-ethyl adjacent to an activating group) is 1. The molecule has 0 heterocycles. The highest BCUT2D eigenvalue weighted by molar-refractivity contribution is 5.92. The monoisotopic (exact) mass is 263 g/mol. The molecule has 1 aromatic carbocycles. The van der Waals surface area contributed by atoms with Gasteiger partial charge in [0.2, 0.25) is 11.8 Å². The Morgan fingerprint density at radius 2 is 1.89 bits per heavy atom. The number of hydrogen-bond acceptors (Lipinski definition) is 3. The van der Waals surface area contributed by atoms with Crippen LogP contribution < -0.4 is 16.0 Å². The summed E-state index contributed by atoms with van der Waals surface area (Å²) in [5.74, 6) is -0.146. The zero-order valence-corrected chi connectivity index (χ0v) is 11.6. The number of nitrogens with one attached hydrogen (secondary N) is 3. The third-order valence-electron chi connectivity index (χ3n) is 2.48. The number of benzene rings is 1. The number of amides is 2. The van der Waals surface area contributed by atoms with Crippen molar-refractivity contribution in [1.82, 2.24) is 5.32 Å². The van der Waals surface area contributed by atoms with Crippen molar-refractivity contribution in [2.75, 3.05) is 23.7 Å². The average Bonchev–Trinajstić information content (AvgIpc) is 2.37. The Hall–Kier alpha value is -2.04. The van der Waals surface area contributed by atoms with E-state index in [-0.39, 0.29) is 24.3 Å². The molecule has 1 aromatic rings. The van der Waals surface area contributed by atoms with Gasteiger partial charge < -0.3 is 16.0 Å². The third kappa shape index (κ3) is 5.42. The molecule has 5 nitrogen and oxygen atoms in total. The number of anilines is 2. The molecule has 1 rings (SSSR count). The molecule has 0 spiro atoms. The Morgan fingerprint density at radius 1 is 1.21 bits per heavy atom. The fourth-order valence-electron chi connectivity index (χ4n) is 1.44. The summed E-state index contributed by atoms with van der Waals surface area (Å²) in [4.78, 5) is 22.9. The van der Waals surface area contributed by atoms with Crippen LogP contribution in [0.2, 0.25) is 0 Å². The van der Waals surface area contributed by atoms with Crippen molar-refractivity contribution in [1.29, 1.82) is 0 Å². The van der Waals surface area contributed by atoms with Gasteiger partial charge in [0.1, 0.15) is 0 Å². The van der Waals surface area contributed by atoms with Gasteiger partial charge in [0.15, 0.2) is 0 Å². The molecule has 0 bridgehead atoms. The minimum absolute atomic E-state index is 0.0270. The molecule has 19 heavy (non-hydrogen) atoms. The zero-order valence-electron chi connectivity index (χ0n) is 11.6.